The molecule has 0 spiro atoms. The van der Waals surface area contributed by atoms with Crippen LogP contribution in [-0.4, -0.2) is 14.2 Å². The Kier molecular flexibility index (Phi) is 3.07. The summed E-state index contributed by atoms with van der Waals surface area (Å²) in [6.45, 7) is 0.940. The molecule has 0 saturated heterocycles. The third-order valence-electron chi connectivity index (χ3n) is 3.36. The van der Waals surface area contributed by atoms with Crippen molar-refractivity contribution >= 4 is 23.2 Å². The maximum Gasteiger partial charge on any atom is 0.331 e. The van der Waals surface area contributed by atoms with Crippen molar-refractivity contribution in [1.82, 2.24) is 9.13 Å². The topological polar surface area (TPSA) is 47.2 Å². The number of aromatic hydroxyl groups is 1. The van der Waals surface area contributed by atoms with Crippen LogP contribution in [0.3, 0.4) is 0 Å². The van der Waals surface area contributed by atoms with Crippen molar-refractivity contribution in [3.05, 3.63) is 50.0 Å². The van der Waals surface area contributed by atoms with E-state index in [1.807, 2.05) is 0 Å². The third-order valence-corrected chi connectivity index (χ3v) is 3.80. The van der Waals surface area contributed by atoms with Gasteiger partial charge in [0.1, 0.15) is 0 Å². The van der Waals surface area contributed by atoms with Gasteiger partial charge in [0.25, 0.3) is 0 Å². The molecule has 0 amide bonds. The van der Waals surface area contributed by atoms with E-state index < -0.39 is 0 Å². The Morgan fingerprint density at radius 2 is 1.89 bits per heavy atom. The SMILES string of the molecule is O=c1n(Cc2cc(Cl)cc(Cl)c2)c(O)c2n1CCC2. The van der Waals surface area contributed by atoms with Crippen molar-refractivity contribution in [2.24, 2.45) is 0 Å². The van der Waals surface area contributed by atoms with Gasteiger partial charge >= 0.3 is 5.69 Å². The minimum Gasteiger partial charge on any atom is -0.493 e. The summed E-state index contributed by atoms with van der Waals surface area (Å²) < 4.78 is 2.98. The van der Waals surface area contributed by atoms with Crippen molar-refractivity contribution in [2.45, 2.75) is 25.9 Å². The third kappa shape index (κ3) is 2.15. The number of hydrogen-bond acceptors (Lipinski definition) is 2. The van der Waals surface area contributed by atoms with Crippen LogP contribution in [0.25, 0.3) is 0 Å². The van der Waals surface area contributed by atoms with E-state index in [4.69, 9.17) is 23.2 Å². The summed E-state index contributed by atoms with van der Waals surface area (Å²) in [5.41, 5.74) is 1.33. The maximum absolute atomic E-state index is 12.2. The molecule has 1 N–H and O–H groups in total. The number of aromatic nitrogens is 2. The van der Waals surface area contributed by atoms with Crippen LogP contribution in [0.4, 0.5) is 0 Å². The van der Waals surface area contributed by atoms with Crippen LogP contribution in [0.15, 0.2) is 23.0 Å². The van der Waals surface area contributed by atoms with E-state index in [1.165, 1.54) is 4.57 Å². The zero-order valence-electron chi connectivity index (χ0n) is 10.1. The van der Waals surface area contributed by atoms with Crippen molar-refractivity contribution in [3.8, 4) is 5.88 Å². The van der Waals surface area contributed by atoms with Crippen LogP contribution in [0.2, 0.25) is 10.0 Å². The second-order valence-corrected chi connectivity index (χ2v) is 5.54. The van der Waals surface area contributed by atoms with E-state index in [2.05, 4.69) is 0 Å². The first-order chi connectivity index (χ1) is 9.06. The molecule has 2 heterocycles. The van der Waals surface area contributed by atoms with Crippen molar-refractivity contribution in [3.63, 3.8) is 0 Å². The molecule has 1 aromatic carbocycles. The molecule has 19 heavy (non-hydrogen) atoms. The highest BCUT2D eigenvalue weighted by molar-refractivity contribution is 6.34. The van der Waals surface area contributed by atoms with Gasteiger partial charge < -0.3 is 5.11 Å². The second-order valence-electron chi connectivity index (χ2n) is 4.67. The standard InChI is InChI=1S/C13H12Cl2N2O2/c14-9-4-8(5-10(15)6-9)7-17-12(18)11-2-1-3-16(11)13(17)19/h4-6,18H,1-3,7H2. The fraction of sp³-hybridized carbons (Fsp3) is 0.308. The molecule has 0 unspecified atom stereocenters. The molecule has 1 aliphatic rings. The smallest absolute Gasteiger partial charge is 0.331 e. The Morgan fingerprint density at radius 3 is 2.53 bits per heavy atom. The molecule has 2 aromatic rings. The molecule has 3 rings (SSSR count). The molecule has 0 radical (unpaired) electrons. The molecule has 0 atom stereocenters. The summed E-state index contributed by atoms with van der Waals surface area (Å²) in [6.07, 6.45) is 1.65. The Balaban J connectivity index is 2.02. The highest BCUT2D eigenvalue weighted by Gasteiger charge is 2.23. The first-order valence-corrected chi connectivity index (χ1v) is 6.78. The Labute approximate surface area is 119 Å². The zero-order chi connectivity index (χ0) is 13.6. The molecule has 1 aliphatic heterocycles. The van der Waals surface area contributed by atoms with Crippen molar-refractivity contribution < 1.29 is 5.11 Å². The van der Waals surface area contributed by atoms with Gasteiger partial charge in [-0.2, -0.15) is 0 Å². The van der Waals surface area contributed by atoms with Crippen LogP contribution < -0.4 is 5.69 Å². The van der Waals surface area contributed by atoms with Gasteiger partial charge in [-0.1, -0.05) is 23.2 Å². The lowest BCUT2D eigenvalue weighted by Crippen LogP contribution is -2.24. The predicted octanol–water partition coefficient (Wildman–Crippen LogP) is 2.66. The average molecular weight is 299 g/mol. The summed E-state index contributed by atoms with van der Waals surface area (Å²) in [5.74, 6) is 0.0543. The molecular formula is C13H12Cl2N2O2. The minimum absolute atomic E-state index is 0.0543. The van der Waals surface area contributed by atoms with E-state index in [0.717, 1.165) is 24.1 Å². The van der Waals surface area contributed by atoms with Crippen LogP contribution >= 0.6 is 23.2 Å². The van der Waals surface area contributed by atoms with Crippen molar-refractivity contribution in [2.75, 3.05) is 0 Å². The Morgan fingerprint density at radius 1 is 1.21 bits per heavy atom. The normalized spacial score (nSPS) is 13.8. The van der Waals surface area contributed by atoms with Gasteiger partial charge in [-0.25, -0.2) is 4.79 Å². The monoisotopic (exact) mass is 298 g/mol. The van der Waals surface area contributed by atoms with Gasteiger partial charge in [-0.15, -0.1) is 0 Å². The highest BCUT2D eigenvalue weighted by Crippen LogP contribution is 2.25. The molecule has 0 aliphatic carbocycles. The summed E-state index contributed by atoms with van der Waals surface area (Å²) in [7, 11) is 0. The summed E-state index contributed by atoms with van der Waals surface area (Å²) in [6, 6.07) is 5.11. The molecule has 100 valence electrons. The van der Waals surface area contributed by atoms with Gasteiger partial charge in [0.05, 0.1) is 12.2 Å². The largest absolute Gasteiger partial charge is 0.493 e. The van der Waals surface area contributed by atoms with Crippen LogP contribution in [0, 0.1) is 0 Å². The van der Waals surface area contributed by atoms with Crippen molar-refractivity contribution in [1.29, 1.82) is 0 Å². The lowest BCUT2D eigenvalue weighted by Gasteiger charge is -2.05. The molecule has 1 aromatic heterocycles. The average Bonchev–Trinajstić information content (AvgIpc) is 2.88. The number of nitrogens with zero attached hydrogens (tertiary/aromatic N) is 2. The lowest BCUT2D eigenvalue weighted by atomic mass is 10.2. The van der Waals surface area contributed by atoms with Gasteiger partial charge in [-0.05, 0) is 36.6 Å². The lowest BCUT2D eigenvalue weighted by molar-refractivity contribution is 0.415. The number of imidazole rings is 1. The molecule has 4 nitrogen and oxygen atoms in total. The van der Waals surface area contributed by atoms with E-state index in [9.17, 15) is 9.90 Å². The van der Waals surface area contributed by atoms with Gasteiger partial charge in [0, 0.05) is 16.6 Å². The molecule has 0 saturated carbocycles. The number of halogens is 2. The van der Waals surface area contributed by atoms with E-state index in [0.29, 0.717) is 16.6 Å². The first kappa shape index (κ1) is 12.6. The van der Waals surface area contributed by atoms with Gasteiger partial charge in [0.15, 0.2) is 0 Å². The number of rotatable bonds is 2. The predicted molar refractivity (Wildman–Crippen MR) is 74.2 cm³/mol. The summed E-state index contributed by atoms with van der Waals surface area (Å²) >= 11 is 11.9. The zero-order valence-corrected chi connectivity index (χ0v) is 11.6. The van der Waals surface area contributed by atoms with Gasteiger partial charge in [-0.3, -0.25) is 9.13 Å². The van der Waals surface area contributed by atoms with E-state index in [-0.39, 0.29) is 18.1 Å². The second kappa shape index (κ2) is 4.62. The number of benzene rings is 1. The Hall–Kier alpha value is -1.39. The Bertz CT molecular complexity index is 683. The molecular weight excluding hydrogens is 287 g/mol. The van der Waals surface area contributed by atoms with Crippen LogP contribution in [-0.2, 0) is 19.5 Å². The van der Waals surface area contributed by atoms with Gasteiger partial charge in [0.2, 0.25) is 5.88 Å². The summed E-state index contributed by atoms with van der Waals surface area (Å²) in [5, 5.41) is 11.1. The van der Waals surface area contributed by atoms with E-state index >= 15 is 0 Å². The maximum atomic E-state index is 12.2. The van der Waals surface area contributed by atoms with Crippen LogP contribution in [0.1, 0.15) is 17.7 Å². The number of fused-ring (bicyclic) bond motifs is 1. The summed E-state index contributed by atoms with van der Waals surface area (Å²) in [4.78, 5) is 12.2. The minimum atomic E-state index is -0.180. The fourth-order valence-corrected chi connectivity index (χ4v) is 3.11. The van der Waals surface area contributed by atoms with E-state index in [1.54, 1.807) is 22.8 Å². The number of hydrogen-bond donors (Lipinski definition) is 1. The highest BCUT2D eigenvalue weighted by atomic mass is 35.5. The molecule has 0 fully saturated rings. The fourth-order valence-electron chi connectivity index (χ4n) is 2.54. The quantitative estimate of drug-likeness (QED) is 0.926. The first-order valence-electron chi connectivity index (χ1n) is 6.02. The molecule has 0 bridgehead atoms. The molecule has 6 heteroatoms. The van der Waals surface area contributed by atoms with Crippen LogP contribution in [0.5, 0.6) is 5.88 Å².